The first-order valence-electron chi connectivity index (χ1n) is 2.31. The minimum Gasteiger partial charge on any atom is -0.530 e. The largest absolute Gasteiger partial charge is 0.649 e. The molecule has 0 amide bonds. The highest BCUT2D eigenvalue weighted by Crippen LogP contribution is 2.06. The van der Waals surface area contributed by atoms with Crippen LogP contribution < -0.4 is 0 Å². The number of hydrogen-bond donors (Lipinski definition) is 0. The Balaban J connectivity index is 2.18. The van der Waals surface area contributed by atoms with E-state index in [1.54, 1.807) is 0 Å². The lowest BCUT2D eigenvalue weighted by atomic mass is 10.4. The summed E-state index contributed by atoms with van der Waals surface area (Å²) < 4.78 is 2.52. The highest BCUT2D eigenvalue weighted by Gasteiger charge is 2.09. The van der Waals surface area contributed by atoms with Crippen molar-refractivity contribution < 1.29 is 4.28 Å². The van der Waals surface area contributed by atoms with Crippen LogP contribution in [0.3, 0.4) is 0 Å². The van der Waals surface area contributed by atoms with Crippen molar-refractivity contribution in [3.63, 3.8) is 0 Å². The fraction of sp³-hybridized carbons (Fsp3) is 1.00. The third-order valence-corrected chi connectivity index (χ3v) is 1.06. The standard InChI is InChI=1S/C4H8BO/c5-6-3-1-2-4-6/h1-4H2/q+1. The fourth-order valence-electron chi connectivity index (χ4n) is 0.677. The first kappa shape index (κ1) is 4.19. The van der Waals surface area contributed by atoms with Crippen molar-refractivity contribution in [3.05, 3.63) is 0 Å². The average Bonchev–Trinajstić information content (AvgIpc) is 1.86. The second-order valence-corrected chi connectivity index (χ2v) is 1.65. The van der Waals surface area contributed by atoms with E-state index in [0.29, 0.717) is 0 Å². The second kappa shape index (κ2) is 1.65. The maximum absolute atomic E-state index is 5.28. The van der Waals surface area contributed by atoms with Gasteiger partial charge >= 0.3 is 8.05 Å². The molecule has 0 saturated carbocycles. The lowest BCUT2D eigenvalue weighted by molar-refractivity contribution is 0.0726. The number of hydrogen-bond acceptors (Lipinski definition) is 0. The molecule has 1 heterocycles. The molecule has 1 aliphatic rings. The van der Waals surface area contributed by atoms with Gasteiger partial charge in [0.05, 0.1) is 0 Å². The molecule has 0 atom stereocenters. The average molecular weight is 82.9 g/mol. The van der Waals surface area contributed by atoms with E-state index in [2.05, 4.69) is 4.28 Å². The highest BCUT2D eigenvalue weighted by molar-refractivity contribution is 5.99. The molecule has 0 aromatic heterocycles. The number of rotatable bonds is 0. The van der Waals surface area contributed by atoms with Gasteiger partial charge in [-0.15, -0.1) is 0 Å². The minimum absolute atomic E-state index is 1.01. The third kappa shape index (κ3) is 0.746. The molecule has 0 aromatic carbocycles. The van der Waals surface area contributed by atoms with Gasteiger partial charge in [-0.25, -0.2) is 0 Å². The molecule has 2 radical (unpaired) electrons. The molecule has 1 saturated heterocycles. The van der Waals surface area contributed by atoms with E-state index in [1.165, 1.54) is 12.8 Å². The van der Waals surface area contributed by atoms with Crippen molar-refractivity contribution in [2.45, 2.75) is 12.8 Å². The van der Waals surface area contributed by atoms with Gasteiger partial charge in [-0.1, -0.05) is 0 Å². The van der Waals surface area contributed by atoms with Crippen LogP contribution >= 0.6 is 0 Å². The van der Waals surface area contributed by atoms with E-state index in [9.17, 15) is 0 Å². The van der Waals surface area contributed by atoms with E-state index in [4.69, 9.17) is 8.05 Å². The van der Waals surface area contributed by atoms with Gasteiger partial charge in [0.2, 0.25) is 0 Å². The normalized spacial score (nSPS) is 25.3. The zero-order chi connectivity index (χ0) is 4.41. The summed E-state index contributed by atoms with van der Waals surface area (Å²) in [5, 5.41) is 0. The predicted molar refractivity (Wildman–Crippen MR) is 25.8 cm³/mol. The first-order chi connectivity index (χ1) is 2.89. The maximum Gasteiger partial charge on any atom is 0.649 e. The van der Waals surface area contributed by atoms with E-state index in [-0.39, 0.29) is 0 Å². The van der Waals surface area contributed by atoms with E-state index in [0.717, 1.165) is 13.2 Å². The molecule has 0 spiro atoms. The predicted octanol–water partition coefficient (Wildman–Crippen LogP) is 0.416. The van der Waals surface area contributed by atoms with Crippen LogP contribution in [-0.2, 0) is 4.28 Å². The Hall–Kier alpha value is 0.0249. The molecule has 1 nitrogen and oxygen atoms in total. The molecule has 0 N–H and O–H groups in total. The Labute approximate surface area is 39.4 Å². The molecular formula is C4H8BO+. The molecule has 0 unspecified atom stereocenters. The zero-order valence-electron chi connectivity index (χ0n) is 3.81. The summed E-state index contributed by atoms with van der Waals surface area (Å²) in [5.74, 6) is 0. The van der Waals surface area contributed by atoms with Gasteiger partial charge in [-0.05, 0) is 0 Å². The van der Waals surface area contributed by atoms with Crippen LogP contribution in [-0.4, -0.2) is 21.3 Å². The second-order valence-electron chi connectivity index (χ2n) is 1.65. The molecule has 1 rings (SSSR count). The minimum atomic E-state index is 1.01. The van der Waals surface area contributed by atoms with Crippen LogP contribution in [0.25, 0.3) is 0 Å². The van der Waals surface area contributed by atoms with E-state index in [1.807, 2.05) is 0 Å². The van der Waals surface area contributed by atoms with Gasteiger partial charge < -0.3 is 4.28 Å². The molecule has 32 valence electrons. The summed E-state index contributed by atoms with van der Waals surface area (Å²) in [5.41, 5.74) is 0. The molecule has 1 fully saturated rings. The Bertz CT molecular complexity index is 40.8. The fourth-order valence-corrected chi connectivity index (χ4v) is 0.677. The topological polar surface area (TPSA) is 2.70 Å². The van der Waals surface area contributed by atoms with Crippen molar-refractivity contribution in [2.24, 2.45) is 0 Å². The van der Waals surface area contributed by atoms with Crippen molar-refractivity contribution in [1.82, 2.24) is 0 Å². The maximum atomic E-state index is 5.28. The summed E-state index contributed by atoms with van der Waals surface area (Å²) in [6.45, 7) is 2.03. The van der Waals surface area contributed by atoms with Crippen molar-refractivity contribution in [2.75, 3.05) is 13.2 Å². The van der Waals surface area contributed by atoms with Gasteiger partial charge in [0.15, 0.2) is 0 Å². The summed E-state index contributed by atoms with van der Waals surface area (Å²) in [6.07, 6.45) is 2.50. The molecule has 0 aromatic rings. The van der Waals surface area contributed by atoms with E-state index < -0.39 is 0 Å². The summed E-state index contributed by atoms with van der Waals surface area (Å²) in [4.78, 5) is 0. The monoisotopic (exact) mass is 83.1 g/mol. The van der Waals surface area contributed by atoms with Crippen molar-refractivity contribution in [3.8, 4) is 0 Å². The zero-order valence-corrected chi connectivity index (χ0v) is 3.81. The summed E-state index contributed by atoms with van der Waals surface area (Å²) >= 11 is 0. The lowest BCUT2D eigenvalue weighted by Crippen LogP contribution is -2.02. The van der Waals surface area contributed by atoms with Crippen LogP contribution in [0, 0.1) is 0 Å². The Morgan fingerprint density at radius 2 is 1.67 bits per heavy atom. The molecule has 1 aliphatic heterocycles. The van der Waals surface area contributed by atoms with Gasteiger partial charge in [-0.2, -0.15) is 0 Å². The Morgan fingerprint density at radius 1 is 1.17 bits per heavy atom. The van der Waals surface area contributed by atoms with Crippen LogP contribution in [0.4, 0.5) is 0 Å². The van der Waals surface area contributed by atoms with Crippen LogP contribution in [0.15, 0.2) is 0 Å². The van der Waals surface area contributed by atoms with Gasteiger partial charge in [0.25, 0.3) is 0 Å². The molecular weight excluding hydrogens is 74.9 g/mol. The first-order valence-corrected chi connectivity index (χ1v) is 2.31. The van der Waals surface area contributed by atoms with Crippen LogP contribution in [0.2, 0.25) is 0 Å². The summed E-state index contributed by atoms with van der Waals surface area (Å²) in [7, 11) is 5.28. The third-order valence-electron chi connectivity index (χ3n) is 1.06. The molecule has 6 heavy (non-hydrogen) atoms. The molecule has 2 heteroatoms. The van der Waals surface area contributed by atoms with Gasteiger partial charge in [0, 0.05) is 12.8 Å². The Kier molecular flexibility index (Phi) is 1.15. The van der Waals surface area contributed by atoms with Crippen LogP contribution in [0.1, 0.15) is 12.8 Å². The highest BCUT2D eigenvalue weighted by atomic mass is 16.6. The van der Waals surface area contributed by atoms with E-state index >= 15 is 0 Å². The smallest absolute Gasteiger partial charge is 0.530 e. The molecule has 0 bridgehead atoms. The SMILES string of the molecule is [B][O+]1CCCC1. The van der Waals surface area contributed by atoms with Gasteiger partial charge in [-0.3, -0.25) is 0 Å². The van der Waals surface area contributed by atoms with Crippen molar-refractivity contribution in [1.29, 1.82) is 0 Å². The van der Waals surface area contributed by atoms with Crippen LogP contribution in [0.5, 0.6) is 0 Å². The summed E-state index contributed by atoms with van der Waals surface area (Å²) in [6, 6.07) is 0. The molecule has 0 aliphatic carbocycles. The lowest BCUT2D eigenvalue weighted by Gasteiger charge is -2.01. The van der Waals surface area contributed by atoms with Crippen molar-refractivity contribution >= 4 is 8.05 Å². The quantitative estimate of drug-likeness (QED) is 0.294. The Morgan fingerprint density at radius 3 is 1.83 bits per heavy atom. The van der Waals surface area contributed by atoms with Gasteiger partial charge in [0.1, 0.15) is 13.2 Å².